The van der Waals surface area contributed by atoms with Crippen molar-refractivity contribution in [1.82, 2.24) is 15.2 Å². The maximum absolute atomic E-state index is 12.4. The number of thiazole rings is 1. The number of hydrogen-bond acceptors (Lipinski definition) is 8. The van der Waals surface area contributed by atoms with Gasteiger partial charge in [0.25, 0.3) is 5.91 Å². The second kappa shape index (κ2) is 12.0. The summed E-state index contributed by atoms with van der Waals surface area (Å²) in [5.41, 5.74) is 2.87. The van der Waals surface area contributed by atoms with E-state index in [1.807, 2.05) is 22.9 Å². The fourth-order valence-electron chi connectivity index (χ4n) is 2.66. The minimum atomic E-state index is -0.623. The third kappa shape index (κ3) is 7.17. The van der Waals surface area contributed by atoms with E-state index in [2.05, 4.69) is 10.3 Å². The summed E-state index contributed by atoms with van der Waals surface area (Å²) in [6, 6.07) is 10.3. The highest BCUT2D eigenvalue weighted by Crippen LogP contribution is 2.15. The normalized spacial score (nSPS) is 10.4. The van der Waals surface area contributed by atoms with E-state index in [-0.39, 0.29) is 12.5 Å². The van der Waals surface area contributed by atoms with Crippen LogP contribution in [0.4, 0.5) is 0 Å². The van der Waals surface area contributed by atoms with Crippen LogP contribution in [0.2, 0.25) is 0 Å². The Morgan fingerprint density at radius 3 is 2.62 bits per heavy atom. The molecule has 3 rings (SSSR count). The Bertz CT molecular complexity index is 1000. The topological polar surface area (TPSA) is 97.8 Å². The molecule has 0 atom stereocenters. The minimum Gasteiger partial charge on any atom is -0.487 e. The number of ether oxygens (including phenoxy) is 2. The van der Waals surface area contributed by atoms with Gasteiger partial charge in [-0.2, -0.15) is 0 Å². The minimum absolute atomic E-state index is 0.0940. The number of hydrogen-bond donors (Lipinski definition) is 1. The van der Waals surface area contributed by atoms with Crippen LogP contribution in [0.5, 0.6) is 5.75 Å². The average Bonchev–Trinajstić information content (AvgIpc) is 3.52. The first-order valence-electron chi connectivity index (χ1n) is 9.89. The number of thiophene rings is 1. The predicted molar refractivity (Wildman–Crippen MR) is 122 cm³/mol. The molecule has 0 aliphatic rings. The molecule has 2 aromatic heterocycles. The van der Waals surface area contributed by atoms with Gasteiger partial charge in [0, 0.05) is 16.8 Å². The SMILES string of the molecule is CCN(CC(=O)NCc1cccs1)C(=O)COC(=O)c1ccc(OCc2cscn2)cc1. The monoisotopic (exact) mass is 473 g/mol. The first-order valence-corrected chi connectivity index (χ1v) is 11.7. The van der Waals surface area contributed by atoms with Crippen molar-refractivity contribution in [2.45, 2.75) is 20.1 Å². The van der Waals surface area contributed by atoms with Crippen molar-refractivity contribution in [3.63, 3.8) is 0 Å². The van der Waals surface area contributed by atoms with Gasteiger partial charge in [-0.15, -0.1) is 22.7 Å². The molecule has 0 aliphatic heterocycles. The number of amides is 2. The molecule has 2 amide bonds. The van der Waals surface area contributed by atoms with Crippen LogP contribution in [0.15, 0.2) is 52.7 Å². The summed E-state index contributed by atoms with van der Waals surface area (Å²) in [6.45, 7) is 2.32. The number of carbonyl (C=O) groups is 3. The molecule has 1 N–H and O–H groups in total. The van der Waals surface area contributed by atoms with Gasteiger partial charge in [0.15, 0.2) is 6.61 Å². The van der Waals surface area contributed by atoms with Crippen LogP contribution in [0.1, 0.15) is 27.9 Å². The van der Waals surface area contributed by atoms with E-state index in [9.17, 15) is 14.4 Å². The zero-order valence-electron chi connectivity index (χ0n) is 17.5. The summed E-state index contributed by atoms with van der Waals surface area (Å²) in [6.07, 6.45) is 0. The van der Waals surface area contributed by atoms with E-state index in [0.29, 0.717) is 31.0 Å². The number of nitrogens with zero attached hydrogens (tertiary/aromatic N) is 2. The second-order valence-electron chi connectivity index (χ2n) is 6.63. The summed E-state index contributed by atoms with van der Waals surface area (Å²) in [5, 5.41) is 6.60. The standard InChI is InChI=1S/C22H23N3O5S2/c1-2-25(11-20(26)23-10-19-4-3-9-32-19)21(27)13-30-22(28)16-5-7-18(8-6-16)29-12-17-14-31-15-24-17/h3-9,14-15H,2,10-13H2,1H3,(H,23,26). The van der Waals surface area contributed by atoms with Crippen molar-refractivity contribution < 1.29 is 23.9 Å². The van der Waals surface area contributed by atoms with Crippen LogP contribution in [-0.2, 0) is 27.5 Å². The Kier molecular flexibility index (Phi) is 8.76. The van der Waals surface area contributed by atoms with Crippen molar-refractivity contribution in [2.24, 2.45) is 0 Å². The second-order valence-corrected chi connectivity index (χ2v) is 8.38. The molecular weight excluding hydrogens is 450 g/mol. The number of nitrogens with one attached hydrogen (secondary N) is 1. The molecule has 2 heterocycles. The Morgan fingerprint density at radius 2 is 1.97 bits per heavy atom. The number of aromatic nitrogens is 1. The van der Waals surface area contributed by atoms with Crippen molar-refractivity contribution in [1.29, 1.82) is 0 Å². The Labute approximate surface area is 193 Å². The molecule has 0 unspecified atom stereocenters. The molecule has 168 valence electrons. The molecule has 0 spiro atoms. The molecular formula is C22H23N3O5S2. The lowest BCUT2D eigenvalue weighted by Crippen LogP contribution is -2.42. The van der Waals surface area contributed by atoms with Gasteiger partial charge in [0.1, 0.15) is 12.4 Å². The van der Waals surface area contributed by atoms with E-state index in [0.717, 1.165) is 10.6 Å². The summed E-state index contributed by atoms with van der Waals surface area (Å²) in [7, 11) is 0. The fourth-order valence-corrected chi connectivity index (χ4v) is 3.85. The van der Waals surface area contributed by atoms with Crippen molar-refractivity contribution in [3.8, 4) is 5.75 Å². The molecule has 0 radical (unpaired) electrons. The quantitative estimate of drug-likeness (QED) is 0.430. The molecule has 0 bridgehead atoms. The lowest BCUT2D eigenvalue weighted by Gasteiger charge is -2.20. The molecule has 0 aliphatic carbocycles. The summed E-state index contributed by atoms with van der Waals surface area (Å²) >= 11 is 3.04. The highest BCUT2D eigenvalue weighted by atomic mass is 32.1. The van der Waals surface area contributed by atoms with Gasteiger partial charge >= 0.3 is 5.97 Å². The Hall–Kier alpha value is -3.24. The van der Waals surface area contributed by atoms with E-state index < -0.39 is 18.5 Å². The van der Waals surface area contributed by atoms with E-state index in [1.54, 1.807) is 48.0 Å². The van der Waals surface area contributed by atoms with Crippen LogP contribution in [0.3, 0.4) is 0 Å². The van der Waals surface area contributed by atoms with Gasteiger partial charge in [-0.05, 0) is 42.6 Å². The van der Waals surface area contributed by atoms with Crippen LogP contribution in [0, 0.1) is 0 Å². The molecule has 3 aromatic rings. The zero-order chi connectivity index (χ0) is 22.8. The Balaban J connectivity index is 1.42. The third-order valence-corrected chi connectivity index (χ3v) is 5.91. The number of esters is 1. The first kappa shape index (κ1) is 23.4. The summed E-state index contributed by atoms with van der Waals surface area (Å²) < 4.78 is 10.7. The van der Waals surface area contributed by atoms with E-state index >= 15 is 0 Å². The number of rotatable bonds is 11. The molecule has 10 heteroatoms. The first-order chi connectivity index (χ1) is 15.5. The van der Waals surface area contributed by atoms with Gasteiger partial charge in [-0.3, -0.25) is 9.59 Å². The number of benzene rings is 1. The summed E-state index contributed by atoms with van der Waals surface area (Å²) in [5.74, 6) is -0.734. The predicted octanol–water partition coefficient (Wildman–Crippen LogP) is 3.11. The van der Waals surface area contributed by atoms with Crippen LogP contribution < -0.4 is 10.1 Å². The smallest absolute Gasteiger partial charge is 0.338 e. The molecule has 0 saturated carbocycles. The molecule has 32 heavy (non-hydrogen) atoms. The number of carbonyl (C=O) groups excluding carboxylic acids is 3. The molecule has 8 nitrogen and oxygen atoms in total. The van der Waals surface area contributed by atoms with Gasteiger partial charge < -0.3 is 19.7 Å². The lowest BCUT2D eigenvalue weighted by atomic mass is 10.2. The maximum atomic E-state index is 12.4. The van der Waals surface area contributed by atoms with Crippen LogP contribution >= 0.6 is 22.7 Å². The largest absolute Gasteiger partial charge is 0.487 e. The van der Waals surface area contributed by atoms with Crippen LogP contribution in [-0.4, -0.2) is 47.4 Å². The average molecular weight is 474 g/mol. The molecule has 1 aromatic carbocycles. The molecule has 0 saturated heterocycles. The van der Waals surface area contributed by atoms with Gasteiger partial charge in [0.05, 0.1) is 29.9 Å². The highest BCUT2D eigenvalue weighted by Gasteiger charge is 2.18. The Morgan fingerprint density at radius 1 is 1.16 bits per heavy atom. The van der Waals surface area contributed by atoms with Gasteiger partial charge in [-0.25, -0.2) is 9.78 Å². The molecule has 0 fully saturated rings. The van der Waals surface area contributed by atoms with E-state index in [1.165, 1.54) is 16.2 Å². The van der Waals surface area contributed by atoms with Gasteiger partial charge in [0.2, 0.25) is 5.91 Å². The van der Waals surface area contributed by atoms with E-state index in [4.69, 9.17) is 9.47 Å². The third-order valence-electron chi connectivity index (χ3n) is 4.40. The number of likely N-dealkylation sites (N-methyl/N-ethyl adjacent to an activating group) is 1. The maximum Gasteiger partial charge on any atom is 0.338 e. The lowest BCUT2D eigenvalue weighted by molar-refractivity contribution is -0.138. The van der Waals surface area contributed by atoms with Crippen molar-refractivity contribution in [3.05, 3.63) is 68.8 Å². The zero-order valence-corrected chi connectivity index (χ0v) is 19.1. The summed E-state index contributed by atoms with van der Waals surface area (Å²) in [4.78, 5) is 43.2. The highest BCUT2D eigenvalue weighted by molar-refractivity contribution is 7.09. The van der Waals surface area contributed by atoms with Crippen LogP contribution in [0.25, 0.3) is 0 Å². The fraction of sp³-hybridized carbons (Fsp3) is 0.273. The van der Waals surface area contributed by atoms with Gasteiger partial charge in [-0.1, -0.05) is 6.07 Å². The van der Waals surface area contributed by atoms with Crippen molar-refractivity contribution in [2.75, 3.05) is 19.7 Å². The van der Waals surface area contributed by atoms with Crippen molar-refractivity contribution >= 4 is 40.5 Å².